The summed E-state index contributed by atoms with van der Waals surface area (Å²) in [6, 6.07) is 5.39. The van der Waals surface area contributed by atoms with Gasteiger partial charge in [-0.1, -0.05) is 11.6 Å². The summed E-state index contributed by atoms with van der Waals surface area (Å²) in [7, 11) is 0. The number of rotatable bonds is 2. The molecule has 7 heteroatoms. The second-order valence-corrected chi connectivity index (χ2v) is 5.03. The van der Waals surface area contributed by atoms with Gasteiger partial charge in [-0.25, -0.2) is 0 Å². The third-order valence-electron chi connectivity index (χ3n) is 3.25. The summed E-state index contributed by atoms with van der Waals surface area (Å²) >= 11 is 5.81. The Balaban J connectivity index is 2.33. The van der Waals surface area contributed by atoms with E-state index in [0.29, 0.717) is 13.0 Å². The molecule has 1 aliphatic heterocycles. The molecule has 104 valence electrons. The molecule has 0 spiro atoms. The maximum atomic E-state index is 12.4. The highest BCUT2D eigenvalue weighted by molar-refractivity contribution is 6.31. The first-order valence-electron chi connectivity index (χ1n) is 6.18. The number of hydrogen-bond acceptors (Lipinski definition) is 4. The molecule has 1 aromatic rings. The molecule has 1 heterocycles. The van der Waals surface area contributed by atoms with Gasteiger partial charge in [0, 0.05) is 29.3 Å². The second kappa shape index (κ2) is 5.88. The molecule has 1 aliphatic rings. The maximum Gasteiger partial charge on any atom is 0.271 e. The molecule has 0 N–H and O–H groups in total. The lowest BCUT2D eigenvalue weighted by Crippen LogP contribution is -2.42. The van der Waals surface area contributed by atoms with E-state index in [2.05, 4.69) is 6.07 Å². The van der Waals surface area contributed by atoms with Crippen LogP contribution in [-0.2, 0) is 0 Å². The van der Waals surface area contributed by atoms with E-state index >= 15 is 0 Å². The van der Waals surface area contributed by atoms with Crippen LogP contribution < -0.4 is 0 Å². The molecule has 0 aliphatic carbocycles. The lowest BCUT2D eigenvalue weighted by Gasteiger charge is -2.31. The van der Waals surface area contributed by atoms with Crippen molar-refractivity contribution in [1.82, 2.24) is 4.90 Å². The van der Waals surface area contributed by atoms with Crippen molar-refractivity contribution in [2.75, 3.05) is 6.54 Å². The largest absolute Gasteiger partial charge is 0.323 e. The Labute approximate surface area is 120 Å². The number of amides is 1. The summed E-state index contributed by atoms with van der Waals surface area (Å²) < 4.78 is 0. The van der Waals surface area contributed by atoms with E-state index in [1.165, 1.54) is 23.1 Å². The monoisotopic (exact) mass is 293 g/mol. The van der Waals surface area contributed by atoms with Crippen LogP contribution in [-0.4, -0.2) is 28.3 Å². The predicted molar refractivity (Wildman–Crippen MR) is 72.4 cm³/mol. The molecule has 1 fully saturated rings. The van der Waals surface area contributed by atoms with Crippen molar-refractivity contribution in [2.24, 2.45) is 0 Å². The smallest absolute Gasteiger partial charge is 0.271 e. The standard InChI is InChI=1S/C13H12ClN3O3/c14-10-5-9(6-12(7-10)17(19)20)13(18)16-4-2-1-3-11(16)8-15/h5-7,11H,1-4H2. The number of non-ortho nitro benzene ring substituents is 1. The quantitative estimate of drug-likeness (QED) is 0.619. The van der Waals surface area contributed by atoms with Gasteiger partial charge in [0.15, 0.2) is 0 Å². The Morgan fingerprint density at radius 2 is 2.20 bits per heavy atom. The van der Waals surface area contributed by atoms with Crippen molar-refractivity contribution in [2.45, 2.75) is 25.3 Å². The van der Waals surface area contributed by atoms with Crippen molar-refractivity contribution in [3.05, 3.63) is 38.9 Å². The maximum absolute atomic E-state index is 12.4. The lowest BCUT2D eigenvalue weighted by molar-refractivity contribution is -0.384. The highest BCUT2D eigenvalue weighted by Crippen LogP contribution is 2.24. The molecule has 1 saturated heterocycles. The predicted octanol–water partition coefficient (Wildman–Crippen LogP) is 2.77. The first-order valence-corrected chi connectivity index (χ1v) is 6.56. The summed E-state index contributed by atoms with van der Waals surface area (Å²) in [5.74, 6) is -0.387. The molecule has 1 unspecified atom stereocenters. The van der Waals surface area contributed by atoms with Crippen LogP contribution in [0.1, 0.15) is 29.6 Å². The van der Waals surface area contributed by atoms with Crippen molar-refractivity contribution in [1.29, 1.82) is 5.26 Å². The number of benzene rings is 1. The van der Waals surface area contributed by atoms with Crippen LogP contribution in [0.3, 0.4) is 0 Å². The summed E-state index contributed by atoms with van der Waals surface area (Å²) in [6.07, 6.45) is 2.36. The van der Waals surface area contributed by atoms with Gasteiger partial charge >= 0.3 is 0 Å². The molecule has 1 aromatic carbocycles. The number of halogens is 1. The van der Waals surface area contributed by atoms with Gasteiger partial charge in [0.25, 0.3) is 11.6 Å². The number of carbonyl (C=O) groups excluding carboxylic acids is 1. The van der Waals surface area contributed by atoms with Crippen molar-refractivity contribution < 1.29 is 9.72 Å². The van der Waals surface area contributed by atoms with Gasteiger partial charge in [-0.05, 0) is 25.3 Å². The van der Waals surface area contributed by atoms with E-state index in [1.807, 2.05) is 0 Å². The van der Waals surface area contributed by atoms with Crippen LogP contribution in [0.25, 0.3) is 0 Å². The Kier molecular flexibility index (Phi) is 4.20. The minimum atomic E-state index is -0.597. The van der Waals surface area contributed by atoms with Gasteiger partial charge in [0.2, 0.25) is 0 Å². The zero-order chi connectivity index (χ0) is 14.7. The number of nitriles is 1. The average Bonchev–Trinajstić information content (AvgIpc) is 2.45. The van der Waals surface area contributed by atoms with Crippen LogP contribution in [0.4, 0.5) is 5.69 Å². The molecule has 0 saturated carbocycles. The number of piperidine rings is 1. The van der Waals surface area contributed by atoms with Crippen molar-refractivity contribution >= 4 is 23.2 Å². The fraction of sp³-hybridized carbons (Fsp3) is 0.385. The minimum absolute atomic E-state index is 0.132. The van der Waals surface area contributed by atoms with E-state index in [0.717, 1.165) is 12.8 Å². The number of nitrogens with zero attached hydrogens (tertiary/aromatic N) is 3. The first-order chi connectivity index (χ1) is 9.52. The van der Waals surface area contributed by atoms with Crippen molar-refractivity contribution in [3.63, 3.8) is 0 Å². The molecule has 1 atom stereocenters. The normalized spacial score (nSPS) is 18.4. The number of hydrogen-bond donors (Lipinski definition) is 0. The first kappa shape index (κ1) is 14.3. The summed E-state index contributed by atoms with van der Waals surface area (Å²) in [5, 5.41) is 20.0. The number of likely N-dealkylation sites (tertiary alicyclic amines) is 1. The van der Waals surface area contributed by atoms with Crippen LogP contribution in [0.5, 0.6) is 0 Å². The van der Waals surface area contributed by atoms with Gasteiger partial charge < -0.3 is 4.90 Å². The molecule has 1 amide bonds. The van der Waals surface area contributed by atoms with E-state index < -0.39 is 11.0 Å². The third-order valence-corrected chi connectivity index (χ3v) is 3.47. The average molecular weight is 294 g/mol. The number of carbonyl (C=O) groups is 1. The number of nitro benzene ring substituents is 1. The SMILES string of the molecule is N#CC1CCCCN1C(=O)c1cc(Cl)cc([N+](=O)[O-])c1. The van der Waals surface area contributed by atoms with E-state index in [9.17, 15) is 14.9 Å². The lowest BCUT2D eigenvalue weighted by atomic mass is 10.0. The summed E-state index contributed by atoms with van der Waals surface area (Å²) in [6.45, 7) is 0.484. The Bertz CT molecular complexity index is 597. The molecule has 6 nitrogen and oxygen atoms in total. The van der Waals surface area contributed by atoms with E-state index in [1.54, 1.807) is 0 Å². The third kappa shape index (κ3) is 2.89. The molecule has 0 bridgehead atoms. The molecule has 2 rings (SSSR count). The van der Waals surface area contributed by atoms with Crippen LogP contribution in [0, 0.1) is 21.4 Å². The van der Waals surface area contributed by atoms with E-state index in [4.69, 9.17) is 16.9 Å². The van der Waals surface area contributed by atoms with Gasteiger partial charge in [-0.15, -0.1) is 0 Å². The Hall–Kier alpha value is -2.13. The fourth-order valence-electron chi connectivity index (χ4n) is 2.28. The molecular formula is C13H12ClN3O3. The molecular weight excluding hydrogens is 282 g/mol. The van der Waals surface area contributed by atoms with Gasteiger partial charge in [-0.2, -0.15) is 5.26 Å². The van der Waals surface area contributed by atoms with Gasteiger partial charge in [0.05, 0.1) is 11.0 Å². The van der Waals surface area contributed by atoms with Crippen LogP contribution >= 0.6 is 11.6 Å². The zero-order valence-electron chi connectivity index (χ0n) is 10.6. The molecule has 0 aromatic heterocycles. The highest BCUT2D eigenvalue weighted by Gasteiger charge is 2.28. The van der Waals surface area contributed by atoms with Crippen molar-refractivity contribution in [3.8, 4) is 6.07 Å². The zero-order valence-corrected chi connectivity index (χ0v) is 11.3. The van der Waals surface area contributed by atoms with Crippen LogP contribution in [0.15, 0.2) is 18.2 Å². The van der Waals surface area contributed by atoms with Gasteiger partial charge in [0.1, 0.15) is 6.04 Å². The Morgan fingerprint density at radius 3 is 2.85 bits per heavy atom. The second-order valence-electron chi connectivity index (χ2n) is 4.59. The summed E-state index contributed by atoms with van der Waals surface area (Å²) in [5.41, 5.74) is -0.0854. The molecule has 20 heavy (non-hydrogen) atoms. The van der Waals surface area contributed by atoms with Crippen LogP contribution in [0.2, 0.25) is 5.02 Å². The molecule has 0 radical (unpaired) electrons. The Morgan fingerprint density at radius 1 is 1.45 bits per heavy atom. The number of nitro groups is 1. The van der Waals surface area contributed by atoms with E-state index in [-0.39, 0.29) is 22.2 Å². The fourth-order valence-corrected chi connectivity index (χ4v) is 2.51. The summed E-state index contributed by atoms with van der Waals surface area (Å²) in [4.78, 5) is 24.0. The topological polar surface area (TPSA) is 87.2 Å². The highest BCUT2D eigenvalue weighted by atomic mass is 35.5. The van der Waals surface area contributed by atoms with Gasteiger partial charge in [-0.3, -0.25) is 14.9 Å². The minimum Gasteiger partial charge on any atom is -0.323 e.